The molecule has 2 saturated heterocycles. The van der Waals surface area contributed by atoms with Gasteiger partial charge in [0.1, 0.15) is 0 Å². The largest absolute Gasteiger partial charge is 0.392 e. The van der Waals surface area contributed by atoms with Crippen molar-refractivity contribution in [2.24, 2.45) is 0 Å². The van der Waals surface area contributed by atoms with E-state index in [4.69, 9.17) is 14.7 Å². The van der Waals surface area contributed by atoms with Gasteiger partial charge in [0.15, 0.2) is 6.29 Å². The Morgan fingerprint density at radius 3 is 2.15 bits per heavy atom. The van der Waals surface area contributed by atoms with Gasteiger partial charge in [0.25, 0.3) is 5.69 Å². The van der Waals surface area contributed by atoms with Crippen LogP contribution in [0.5, 0.6) is 0 Å². The van der Waals surface area contributed by atoms with Gasteiger partial charge in [0.2, 0.25) is 11.8 Å². The molecular weight excluding hydrogens is 702 g/mol. The molecule has 2 aliphatic rings. The van der Waals surface area contributed by atoms with Crippen LogP contribution < -0.4 is 15.7 Å². The molecular formula is C42H49N5O8. The standard InChI is InChI=1S/C42H49N5O8/c48-29-30-10-12-32(13-11-30)39-26-37(28-45-22-24-46(25-23-45)35-18-20-36(21-19-35)47(52)53)54-42(55-39)33-16-14-31(15-17-33)38-7-5-4-6-34(38)27-43-40(49)8-2-1-3-9-41(50)44-51/h4-7,10-21,37,39,42,48,51H,1-3,8-9,22-29H2,(H,43,49)(H,44,50)/t37-,39+,42+/m1/s1. The van der Waals surface area contributed by atoms with Crippen LogP contribution in [-0.2, 0) is 32.2 Å². The van der Waals surface area contributed by atoms with Crippen molar-refractivity contribution >= 4 is 23.2 Å². The van der Waals surface area contributed by atoms with Gasteiger partial charge in [0, 0.05) is 81.9 Å². The molecule has 0 unspecified atom stereocenters. The van der Waals surface area contributed by atoms with Crippen molar-refractivity contribution < 1.29 is 34.3 Å². The van der Waals surface area contributed by atoms with Crippen molar-refractivity contribution in [1.29, 1.82) is 0 Å². The Balaban J connectivity index is 1.09. The highest BCUT2D eigenvalue weighted by molar-refractivity contribution is 5.77. The van der Waals surface area contributed by atoms with Gasteiger partial charge in [-0.1, -0.05) is 79.2 Å². The summed E-state index contributed by atoms with van der Waals surface area (Å²) in [4.78, 5) is 39.1. The first-order valence-corrected chi connectivity index (χ1v) is 18.9. The predicted molar refractivity (Wildman–Crippen MR) is 207 cm³/mol. The number of benzene rings is 4. The lowest BCUT2D eigenvalue weighted by atomic mass is 9.97. The normalized spacial score (nSPS) is 18.8. The number of amides is 2. The second-order valence-corrected chi connectivity index (χ2v) is 14.1. The highest BCUT2D eigenvalue weighted by atomic mass is 16.7. The van der Waals surface area contributed by atoms with E-state index in [1.807, 2.05) is 72.8 Å². The van der Waals surface area contributed by atoms with E-state index in [1.54, 1.807) is 17.6 Å². The minimum Gasteiger partial charge on any atom is -0.392 e. The predicted octanol–water partition coefficient (Wildman–Crippen LogP) is 6.19. The van der Waals surface area contributed by atoms with Crippen molar-refractivity contribution in [1.82, 2.24) is 15.7 Å². The monoisotopic (exact) mass is 751 g/mol. The fourth-order valence-corrected chi connectivity index (χ4v) is 7.16. The van der Waals surface area contributed by atoms with Crippen LogP contribution in [-0.4, -0.2) is 70.8 Å². The summed E-state index contributed by atoms with van der Waals surface area (Å²) < 4.78 is 13.3. The molecule has 4 aromatic rings. The van der Waals surface area contributed by atoms with E-state index in [1.165, 1.54) is 0 Å². The lowest BCUT2D eigenvalue weighted by Gasteiger charge is -2.41. The minimum atomic E-state index is -0.593. The van der Waals surface area contributed by atoms with Gasteiger partial charge in [-0.25, -0.2) is 5.48 Å². The molecule has 4 aromatic carbocycles. The average Bonchev–Trinajstić information content (AvgIpc) is 3.23. The maximum absolute atomic E-state index is 12.6. The molecule has 2 amide bonds. The van der Waals surface area contributed by atoms with E-state index in [-0.39, 0.29) is 41.8 Å². The number of nitro benzene ring substituents is 1. The van der Waals surface area contributed by atoms with E-state index in [0.717, 1.165) is 78.2 Å². The highest BCUT2D eigenvalue weighted by Crippen LogP contribution is 2.39. The number of nitrogens with zero attached hydrogens (tertiary/aromatic N) is 3. The molecule has 13 heteroatoms. The summed E-state index contributed by atoms with van der Waals surface area (Å²) in [5.74, 6) is -0.471. The van der Waals surface area contributed by atoms with Crippen LogP contribution in [0.3, 0.4) is 0 Å². The smallest absolute Gasteiger partial charge is 0.269 e. The number of non-ortho nitro benzene ring substituents is 1. The van der Waals surface area contributed by atoms with Crippen LogP contribution in [0.4, 0.5) is 11.4 Å². The molecule has 0 saturated carbocycles. The molecule has 290 valence electrons. The number of hydrogen-bond acceptors (Lipinski definition) is 10. The number of rotatable bonds is 16. The lowest BCUT2D eigenvalue weighted by Crippen LogP contribution is -2.49. The highest BCUT2D eigenvalue weighted by Gasteiger charge is 2.34. The number of piperazine rings is 1. The second kappa shape index (κ2) is 19.4. The Morgan fingerprint density at radius 1 is 0.800 bits per heavy atom. The number of hydrogen-bond donors (Lipinski definition) is 4. The number of carbonyl (C=O) groups excluding carboxylic acids is 2. The van der Waals surface area contributed by atoms with Gasteiger partial charge >= 0.3 is 0 Å². The van der Waals surface area contributed by atoms with Crippen LogP contribution in [0.1, 0.15) is 73.2 Å². The number of aliphatic hydroxyl groups is 1. The second-order valence-electron chi connectivity index (χ2n) is 14.1. The molecule has 3 atom stereocenters. The summed E-state index contributed by atoms with van der Waals surface area (Å²) in [5, 5.41) is 32.3. The Morgan fingerprint density at radius 2 is 1.47 bits per heavy atom. The molecule has 0 bridgehead atoms. The maximum Gasteiger partial charge on any atom is 0.269 e. The summed E-state index contributed by atoms with van der Waals surface area (Å²) in [6, 6.07) is 30.7. The quantitative estimate of drug-likeness (QED) is 0.0449. The summed E-state index contributed by atoms with van der Waals surface area (Å²) in [6.45, 7) is 4.36. The fraction of sp³-hybridized carbons (Fsp3) is 0.381. The van der Waals surface area contributed by atoms with Crippen LogP contribution in [0.25, 0.3) is 11.1 Å². The van der Waals surface area contributed by atoms with Gasteiger partial charge in [-0.05, 0) is 52.8 Å². The van der Waals surface area contributed by atoms with E-state index in [2.05, 4.69) is 27.2 Å². The number of carbonyl (C=O) groups is 2. The molecule has 55 heavy (non-hydrogen) atoms. The Kier molecular flexibility index (Phi) is 14.0. The number of nitrogens with one attached hydrogen (secondary N) is 2. The molecule has 6 rings (SSSR count). The first kappa shape index (κ1) is 39.5. The SMILES string of the molecule is O=C(CCCCCC(=O)NCc1ccccc1-c1ccc([C@H]2O[C@@H](CN3CCN(c4ccc([N+](=O)[O-])cc4)CC3)C[C@@H](c3ccc(CO)cc3)O2)cc1)NO. The van der Waals surface area contributed by atoms with Crippen molar-refractivity contribution in [3.63, 3.8) is 0 Å². The van der Waals surface area contributed by atoms with Crippen molar-refractivity contribution in [3.8, 4) is 11.1 Å². The lowest BCUT2D eigenvalue weighted by molar-refractivity contribution is -0.384. The summed E-state index contributed by atoms with van der Waals surface area (Å²) in [6.07, 6.45) is 2.37. The number of aliphatic hydroxyl groups excluding tert-OH is 1. The topological polar surface area (TPSA) is 167 Å². The van der Waals surface area contributed by atoms with E-state index in [9.17, 15) is 24.8 Å². The van der Waals surface area contributed by atoms with Crippen molar-refractivity contribution in [2.75, 3.05) is 37.6 Å². The Bertz CT molecular complexity index is 1860. The van der Waals surface area contributed by atoms with E-state index >= 15 is 0 Å². The van der Waals surface area contributed by atoms with Gasteiger partial charge in [-0.15, -0.1) is 0 Å². The minimum absolute atomic E-state index is 0.0249. The number of nitro groups is 1. The zero-order valence-electron chi connectivity index (χ0n) is 30.8. The zero-order valence-corrected chi connectivity index (χ0v) is 30.8. The first-order chi connectivity index (χ1) is 26.8. The van der Waals surface area contributed by atoms with Gasteiger partial charge < -0.3 is 24.8 Å². The first-order valence-electron chi connectivity index (χ1n) is 18.9. The van der Waals surface area contributed by atoms with Gasteiger partial charge in [-0.2, -0.15) is 0 Å². The Hall–Kier alpha value is -5.18. The summed E-state index contributed by atoms with van der Waals surface area (Å²) >= 11 is 0. The molecule has 2 fully saturated rings. The van der Waals surface area contributed by atoms with Crippen LogP contribution in [0.15, 0.2) is 97.1 Å². The molecule has 2 aliphatic heterocycles. The van der Waals surface area contributed by atoms with Crippen LogP contribution in [0.2, 0.25) is 0 Å². The third-order valence-corrected chi connectivity index (χ3v) is 10.3. The maximum atomic E-state index is 12.6. The van der Waals surface area contributed by atoms with Gasteiger partial charge in [-0.3, -0.25) is 29.8 Å². The van der Waals surface area contributed by atoms with Crippen molar-refractivity contribution in [2.45, 2.75) is 70.2 Å². The molecule has 0 aromatic heterocycles. The zero-order chi connectivity index (χ0) is 38.6. The molecule has 13 nitrogen and oxygen atoms in total. The number of unbranched alkanes of at least 4 members (excludes halogenated alkanes) is 2. The fourth-order valence-electron chi connectivity index (χ4n) is 7.16. The average molecular weight is 752 g/mol. The van der Waals surface area contributed by atoms with Crippen LogP contribution in [0, 0.1) is 10.1 Å². The van der Waals surface area contributed by atoms with Gasteiger partial charge in [0.05, 0.1) is 23.7 Å². The third-order valence-electron chi connectivity index (χ3n) is 10.3. The van der Waals surface area contributed by atoms with E-state index in [0.29, 0.717) is 32.2 Å². The third kappa shape index (κ3) is 11.0. The molecule has 2 heterocycles. The summed E-state index contributed by atoms with van der Waals surface area (Å²) in [5.41, 5.74) is 8.47. The molecule has 0 aliphatic carbocycles. The van der Waals surface area contributed by atoms with Crippen LogP contribution >= 0.6 is 0 Å². The number of ether oxygens (including phenoxy) is 2. The molecule has 0 radical (unpaired) electrons. The van der Waals surface area contributed by atoms with Crippen molar-refractivity contribution in [3.05, 3.63) is 129 Å². The van der Waals surface area contributed by atoms with E-state index < -0.39 is 12.2 Å². The summed E-state index contributed by atoms with van der Waals surface area (Å²) in [7, 11) is 0. The molecule has 4 N–H and O–H groups in total. The Labute approximate surface area is 321 Å². The number of hydroxylamine groups is 1. The molecule has 0 spiro atoms. The number of anilines is 1.